The van der Waals surface area contributed by atoms with Crippen molar-refractivity contribution in [1.29, 1.82) is 0 Å². The fourth-order valence-electron chi connectivity index (χ4n) is 3.00. The van der Waals surface area contributed by atoms with Crippen LogP contribution < -0.4 is 10.6 Å². The van der Waals surface area contributed by atoms with Gasteiger partial charge in [0.05, 0.1) is 19.1 Å². The number of nitrogens with zero attached hydrogens (tertiary/aromatic N) is 1. The van der Waals surface area contributed by atoms with Crippen LogP contribution in [-0.2, 0) is 9.59 Å². The molecule has 0 aliphatic heterocycles. The molecule has 2 N–H and O–H groups in total. The standard InChI is InChI=1S/C20H27N3O2S/c1-13-9-14(2)20(15(3)10-13)22-19(25)12-23(5)11-18(24)21-16(4)17-7-6-8-26-17/h6-10,16H,11-12H2,1-5H3,(H,21,24)(H,22,25)/t16-/m1/s1. The van der Waals surface area contributed by atoms with Gasteiger partial charge in [-0.25, -0.2) is 0 Å². The Morgan fingerprint density at radius 2 is 1.73 bits per heavy atom. The Kier molecular flexibility index (Phi) is 6.94. The van der Waals surface area contributed by atoms with Crippen molar-refractivity contribution in [2.75, 3.05) is 25.5 Å². The Labute approximate surface area is 159 Å². The molecular formula is C20H27N3O2S. The number of hydrogen-bond acceptors (Lipinski definition) is 4. The van der Waals surface area contributed by atoms with Gasteiger partial charge in [0.1, 0.15) is 0 Å². The van der Waals surface area contributed by atoms with Crippen molar-refractivity contribution in [3.8, 4) is 0 Å². The monoisotopic (exact) mass is 373 g/mol. The number of carbonyl (C=O) groups is 2. The molecule has 0 radical (unpaired) electrons. The first-order valence-electron chi connectivity index (χ1n) is 8.65. The van der Waals surface area contributed by atoms with Crippen molar-refractivity contribution in [3.05, 3.63) is 51.2 Å². The summed E-state index contributed by atoms with van der Waals surface area (Å²) >= 11 is 1.61. The molecule has 0 fully saturated rings. The topological polar surface area (TPSA) is 61.4 Å². The fraction of sp³-hybridized carbons (Fsp3) is 0.400. The lowest BCUT2D eigenvalue weighted by molar-refractivity contribution is -0.123. The molecule has 140 valence electrons. The molecule has 1 atom stereocenters. The van der Waals surface area contributed by atoms with E-state index in [-0.39, 0.29) is 30.9 Å². The van der Waals surface area contributed by atoms with E-state index in [1.807, 2.05) is 57.3 Å². The van der Waals surface area contributed by atoms with Crippen molar-refractivity contribution < 1.29 is 9.59 Å². The number of aryl methyl sites for hydroxylation is 3. The van der Waals surface area contributed by atoms with E-state index in [1.54, 1.807) is 23.3 Å². The van der Waals surface area contributed by atoms with Crippen LogP contribution in [0.4, 0.5) is 5.69 Å². The highest BCUT2D eigenvalue weighted by molar-refractivity contribution is 7.10. The quantitative estimate of drug-likeness (QED) is 0.782. The van der Waals surface area contributed by atoms with Crippen molar-refractivity contribution in [2.45, 2.75) is 33.7 Å². The summed E-state index contributed by atoms with van der Waals surface area (Å²) in [6.45, 7) is 8.30. The molecule has 1 heterocycles. The van der Waals surface area contributed by atoms with Gasteiger partial charge in [-0.1, -0.05) is 23.8 Å². The summed E-state index contributed by atoms with van der Waals surface area (Å²) in [5, 5.41) is 7.91. The van der Waals surface area contributed by atoms with Crippen LogP contribution in [0.25, 0.3) is 0 Å². The van der Waals surface area contributed by atoms with Crippen molar-refractivity contribution in [2.24, 2.45) is 0 Å². The maximum absolute atomic E-state index is 12.3. The Bertz CT molecular complexity index is 748. The van der Waals surface area contributed by atoms with Gasteiger partial charge in [-0.05, 0) is 57.3 Å². The van der Waals surface area contributed by atoms with Gasteiger partial charge in [0.2, 0.25) is 11.8 Å². The number of benzene rings is 1. The maximum atomic E-state index is 12.3. The summed E-state index contributed by atoms with van der Waals surface area (Å²) in [6, 6.07) is 8.03. The van der Waals surface area contributed by atoms with Crippen LogP contribution in [0, 0.1) is 20.8 Å². The van der Waals surface area contributed by atoms with E-state index in [4.69, 9.17) is 0 Å². The second-order valence-corrected chi connectivity index (χ2v) is 7.78. The summed E-state index contributed by atoms with van der Waals surface area (Å²) in [4.78, 5) is 27.3. The zero-order valence-corrected chi connectivity index (χ0v) is 16.9. The minimum Gasteiger partial charge on any atom is -0.348 e. The molecule has 6 heteroatoms. The number of hydrogen-bond donors (Lipinski definition) is 2. The Morgan fingerprint density at radius 1 is 1.12 bits per heavy atom. The molecule has 0 bridgehead atoms. The third-order valence-electron chi connectivity index (χ3n) is 4.12. The maximum Gasteiger partial charge on any atom is 0.238 e. The highest BCUT2D eigenvalue weighted by Crippen LogP contribution is 2.22. The molecule has 1 aromatic heterocycles. The lowest BCUT2D eigenvalue weighted by atomic mass is 10.1. The first-order valence-corrected chi connectivity index (χ1v) is 9.53. The van der Waals surface area contributed by atoms with Crippen LogP contribution in [0.5, 0.6) is 0 Å². The first kappa shape index (κ1) is 20.1. The Morgan fingerprint density at radius 3 is 2.31 bits per heavy atom. The van der Waals surface area contributed by atoms with Crippen LogP contribution in [-0.4, -0.2) is 36.9 Å². The molecule has 0 unspecified atom stereocenters. The van der Waals surface area contributed by atoms with E-state index in [0.29, 0.717) is 0 Å². The number of rotatable bonds is 7. The normalized spacial score (nSPS) is 12.1. The minimum atomic E-state index is -0.123. The summed E-state index contributed by atoms with van der Waals surface area (Å²) in [7, 11) is 1.77. The zero-order valence-electron chi connectivity index (χ0n) is 16.1. The number of likely N-dealkylation sites (N-methyl/N-ethyl adjacent to an activating group) is 1. The second kappa shape index (κ2) is 8.96. The third-order valence-corrected chi connectivity index (χ3v) is 5.17. The van der Waals surface area contributed by atoms with Crippen molar-refractivity contribution in [3.63, 3.8) is 0 Å². The average molecular weight is 374 g/mol. The van der Waals surface area contributed by atoms with Gasteiger partial charge in [-0.3, -0.25) is 14.5 Å². The highest BCUT2D eigenvalue weighted by atomic mass is 32.1. The smallest absolute Gasteiger partial charge is 0.238 e. The van der Waals surface area contributed by atoms with Gasteiger partial charge in [-0.2, -0.15) is 0 Å². The third kappa shape index (κ3) is 5.68. The van der Waals surface area contributed by atoms with E-state index in [1.165, 1.54) is 5.56 Å². The predicted molar refractivity (Wildman–Crippen MR) is 108 cm³/mol. The van der Waals surface area contributed by atoms with Gasteiger partial charge >= 0.3 is 0 Å². The second-order valence-electron chi connectivity index (χ2n) is 6.80. The molecular weight excluding hydrogens is 346 g/mol. The highest BCUT2D eigenvalue weighted by Gasteiger charge is 2.15. The van der Waals surface area contributed by atoms with Gasteiger partial charge in [0.15, 0.2) is 0 Å². The number of thiophene rings is 1. The molecule has 1 aromatic carbocycles. The minimum absolute atomic E-state index is 0.0254. The zero-order chi connectivity index (χ0) is 19.3. The largest absolute Gasteiger partial charge is 0.348 e. The van der Waals surface area contributed by atoms with Crippen molar-refractivity contribution in [1.82, 2.24) is 10.2 Å². The molecule has 5 nitrogen and oxygen atoms in total. The molecule has 26 heavy (non-hydrogen) atoms. The summed E-state index contributed by atoms with van der Waals surface area (Å²) in [6.07, 6.45) is 0. The van der Waals surface area contributed by atoms with Crippen LogP contribution in [0.15, 0.2) is 29.6 Å². The van der Waals surface area contributed by atoms with Crippen LogP contribution in [0.2, 0.25) is 0 Å². The Hall–Kier alpha value is -2.18. The summed E-state index contributed by atoms with van der Waals surface area (Å²) in [5.74, 6) is -0.217. The molecule has 2 rings (SSSR count). The molecule has 0 aliphatic carbocycles. The molecule has 0 saturated heterocycles. The fourth-order valence-corrected chi connectivity index (χ4v) is 3.73. The molecule has 0 saturated carbocycles. The van der Waals surface area contributed by atoms with E-state index >= 15 is 0 Å². The molecule has 2 amide bonds. The summed E-state index contributed by atoms with van der Waals surface area (Å²) in [5.41, 5.74) is 4.11. The van der Waals surface area contributed by atoms with Crippen LogP contribution in [0.1, 0.15) is 34.5 Å². The van der Waals surface area contributed by atoms with Gasteiger partial charge in [0, 0.05) is 10.6 Å². The number of carbonyl (C=O) groups excluding carboxylic acids is 2. The van der Waals surface area contributed by atoms with Gasteiger partial charge < -0.3 is 10.6 Å². The first-order chi connectivity index (χ1) is 12.3. The molecule has 2 aromatic rings. The molecule has 0 spiro atoms. The van der Waals surface area contributed by atoms with Gasteiger partial charge in [-0.15, -0.1) is 11.3 Å². The lowest BCUT2D eigenvalue weighted by Crippen LogP contribution is -2.39. The predicted octanol–water partition coefficient (Wildman–Crippen LogP) is 3.42. The van der Waals surface area contributed by atoms with E-state index in [9.17, 15) is 9.59 Å². The van der Waals surface area contributed by atoms with E-state index in [2.05, 4.69) is 10.6 Å². The SMILES string of the molecule is Cc1cc(C)c(NC(=O)CN(C)CC(=O)N[C@H](C)c2cccs2)c(C)c1. The number of nitrogens with one attached hydrogen (secondary N) is 2. The van der Waals surface area contributed by atoms with Crippen molar-refractivity contribution >= 4 is 28.8 Å². The average Bonchev–Trinajstić information content (AvgIpc) is 3.04. The van der Waals surface area contributed by atoms with E-state index < -0.39 is 0 Å². The Balaban J connectivity index is 1.84. The van der Waals surface area contributed by atoms with Gasteiger partial charge in [0.25, 0.3) is 0 Å². The summed E-state index contributed by atoms with van der Waals surface area (Å²) < 4.78 is 0. The molecule has 0 aliphatic rings. The lowest BCUT2D eigenvalue weighted by Gasteiger charge is -2.19. The van der Waals surface area contributed by atoms with Crippen LogP contribution in [0.3, 0.4) is 0 Å². The number of amides is 2. The van der Waals surface area contributed by atoms with Crippen LogP contribution >= 0.6 is 11.3 Å². The number of anilines is 1. The van der Waals surface area contributed by atoms with E-state index in [0.717, 1.165) is 21.7 Å².